The predicted molar refractivity (Wildman–Crippen MR) is 89.9 cm³/mol. The third-order valence-corrected chi connectivity index (χ3v) is 3.35. The molecule has 0 saturated heterocycles. The van der Waals surface area contributed by atoms with E-state index in [-0.39, 0.29) is 11.1 Å². The highest BCUT2D eigenvalue weighted by Crippen LogP contribution is 2.20. The van der Waals surface area contributed by atoms with E-state index < -0.39 is 23.7 Å². The van der Waals surface area contributed by atoms with Gasteiger partial charge in [-0.1, -0.05) is 24.3 Å². The summed E-state index contributed by atoms with van der Waals surface area (Å²) in [5, 5.41) is 10.7. The van der Waals surface area contributed by atoms with E-state index in [1.807, 2.05) is 0 Å². The summed E-state index contributed by atoms with van der Waals surface area (Å²) in [6, 6.07) is 13.6. The van der Waals surface area contributed by atoms with Crippen LogP contribution in [0.4, 0.5) is 5.69 Å². The van der Waals surface area contributed by atoms with Gasteiger partial charge in [0.15, 0.2) is 0 Å². The highest BCUT2D eigenvalue weighted by molar-refractivity contribution is 6.11. The Hall–Kier alpha value is -3.48. The van der Waals surface area contributed by atoms with E-state index in [4.69, 9.17) is 5.11 Å². The number of amides is 3. The van der Waals surface area contributed by atoms with Gasteiger partial charge in [-0.15, -0.1) is 0 Å². The summed E-state index contributed by atoms with van der Waals surface area (Å²) < 4.78 is 0. The fourth-order valence-corrected chi connectivity index (χ4v) is 2.30. The monoisotopic (exact) mass is 340 g/mol. The standard InChI is InChI=1S/C18H16N2O5/c1-12(21)19(13(2)22)20(16-9-4-3-5-10-16)17(23)14-7-6-8-15(11-14)18(24)25/h3-11H,1-2H3,(H,24,25). The van der Waals surface area contributed by atoms with Crippen LogP contribution in [-0.2, 0) is 9.59 Å². The molecule has 2 aromatic rings. The minimum Gasteiger partial charge on any atom is -0.478 e. The van der Waals surface area contributed by atoms with Gasteiger partial charge in [0.05, 0.1) is 11.3 Å². The van der Waals surface area contributed by atoms with Gasteiger partial charge in [0.2, 0.25) is 11.8 Å². The Labute approximate surface area is 144 Å². The molecule has 0 aliphatic carbocycles. The molecular formula is C18H16N2O5. The summed E-state index contributed by atoms with van der Waals surface area (Å²) in [6.45, 7) is 2.33. The fourth-order valence-electron chi connectivity index (χ4n) is 2.30. The normalized spacial score (nSPS) is 10.0. The molecule has 25 heavy (non-hydrogen) atoms. The Balaban J connectivity index is 2.57. The van der Waals surface area contributed by atoms with E-state index in [0.29, 0.717) is 10.7 Å². The Morgan fingerprint density at radius 1 is 0.800 bits per heavy atom. The lowest BCUT2D eigenvalue weighted by molar-refractivity contribution is -0.142. The number of carbonyl (C=O) groups is 4. The zero-order valence-corrected chi connectivity index (χ0v) is 13.7. The molecule has 0 heterocycles. The van der Waals surface area contributed by atoms with Crippen LogP contribution < -0.4 is 5.01 Å². The van der Waals surface area contributed by atoms with Gasteiger partial charge < -0.3 is 5.11 Å². The largest absolute Gasteiger partial charge is 0.478 e. The summed E-state index contributed by atoms with van der Waals surface area (Å²) in [5.41, 5.74) is 0.269. The summed E-state index contributed by atoms with van der Waals surface area (Å²) >= 11 is 0. The number of carboxylic acids is 1. The topological polar surface area (TPSA) is 95.0 Å². The molecule has 0 bridgehead atoms. The highest BCUT2D eigenvalue weighted by atomic mass is 16.4. The summed E-state index contributed by atoms with van der Waals surface area (Å²) in [5.74, 6) is -3.16. The van der Waals surface area contributed by atoms with Crippen LogP contribution in [0, 0.1) is 0 Å². The lowest BCUT2D eigenvalue weighted by atomic mass is 10.1. The van der Waals surface area contributed by atoms with Crippen molar-refractivity contribution >= 4 is 29.4 Å². The van der Waals surface area contributed by atoms with Gasteiger partial charge in [-0.2, -0.15) is 5.01 Å². The van der Waals surface area contributed by atoms with Gasteiger partial charge in [0, 0.05) is 19.4 Å². The summed E-state index contributed by atoms with van der Waals surface area (Å²) in [4.78, 5) is 47.9. The van der Waals surface area contributed by atoms with E-state index in [1.54, 1.807) is 30.3 Å². The summed E-state index contributed by atoms with van der Waals surface area (Å²) in [7, 11) is 0. The Kier molecular flexibility index (Phi) is 5.28. The van der Waals surface area contributed by atoms with E-state index >= 15 is 0 Å². The quantitative estimate of drug-likeness (QED) is 0.865. The average molecular weight is 340 g/mol. The second-order valence-electron chi connectivity index (χ2n) is 5.19. The number of nitrogens with zero attached hydrogens (tertiary/aromatic N) is 2. The molecule has 0 aliphatic heterocycles. The van der Waals surface area contributed by atoms with Crippen LogP contribution in [0.1, 0.15) is 34.6 Å². The minimum absolute atomic E-state index is 0.0382. The van der Waals surface area contributed by atoms with Crippen molar-refractivity contribution in [3.8, 4) is 0 Å². The number of hydrazine groups is 1. The molecule has 0 fully saturated rings. The zero-order chi connectivity index (χ0) is 18.6. The van der Waals surface area contributed by atoms with Crippen molar-refractivity contribution in [2.75, 3.05) is 5.01 Å². The van der Waals surface area contributed by atoms with Crippen molar-refractivity contribution in [3.05, 3.63) is 65.7 Å². The second-order valence-corrected chi connectivity index (χ2v) is 5.19. The number of benzene rings is 2. The Morgan fingerprint density at radius 3 is 1.88 bits per heavy atom. The van der Waals surface area contributed by atoms with Crippen LogP contribution in [0.25, 0.3) is 0 Å². The van der Waals surface area contributed by atoms with Crippen LogP contribution >= 0.6 is 0 Å². The Bertz CT molecular complexity index is 818. The lowest BCUT2D eigenvalue weighted by Gasteiger charge is -2.31. The lowest BCUT2D eigenvalue weighted by Crippen LogP contribution is -2.51. The number of carboxylic acid groups (broad SMARTS) is 1. The van der Waals surface area contributed by atoms with Gasteiger partial charge in [-0.3, -0.25) is 14.4 Å². The van der Waals surface area contributed by atoms with E-state index in [1.165, 1.54) is 24.3 Å². The molecule has 0 unspecified atom stereocenters. The van der Waals surface area contributed by atoms with E-state index in [9.17, 15) is 19.2 Å². The number of imide groups is 1. The maximum Gasteiger partial charge on any atom is 0.335 e. The van der Waals surface area contributed by atoms with Crippen LogP contribution in [-0.4, -0.2) is 33.8 Å². The average Bonchev–Trinajstić information content (AvgIpc) is 2.59. The molecule has 0 aromatic heterocycles. The molecule has 1 N–H and O–H groups in total. The van der Waals surface area contributed by atoms with Crippen molar-refractivity contribution in [2.24, 2.45) is 0 Å². The first-order chi connectivity index (χ1) is 11.8. The van der Waals surface area contributed by atoms with E-state index in [0.717, 1.165) is 18.9 Å². The third-order valence-electron chi connectivity index (χ3n) is 3.35. The highest BCUT2D eigenvalue weighted by Gasteiger charge is 2.30. The maximum absolute atomic E-state index is 13.0. The zero-order valence-electron chi connectivity index (χ0n) is 13.7. The van der Waals surface area contributed by atoms with Crippen LogP contribution in [0.15, 0.2) is 54.6 Å². The molecule has 2 rings (SSSR count). The molecule has 2 aromatic carbocycles. The number of anilines is 1. The molecule has 7 heteroatoms. The second kappa shape index (κ2) is 7.39. The first-order valence-electron chi connectivity index (χ1n) is 7.37. The van der Waals surface area contributed by atoms with Crippen molar-refractivity contribution in [2.45, 2.75) is 13.8 Å². The number of para-hydroxylation sites is 1. The fraction of sp³-hybridized carbons (Fsp3) is 0.111. The van der Waals surface area contributed by atoms with Crippen LogP contribution in [0.2, 0.25) is 0 Å². The Morgan fingerprint density at radius 2 is 1.36 bits per heavy atom. The minimum atomic E-state index is -1.18. The van der Waals surface area contributed by atoms with Gasteiger partial charge >= 0.3 is 5.97 Å². The van der Waals surface area contributed by atoms with E-state index in [2.05, 4.69) is 0 Å². The SMILES string of the molecule is CC(=O)N(C(C)=O)N(C(=O)c1cccc(C(=O)O)c1)c1ccccc1. The van der Waals surface area contributed by atoms with Gasteiger partial charge in [0.1, 0.15) is 0 Å². The molecule has 0 aliphatic rings. The maximum atomic E-state index is 13.0. The predicted octanol–water partition coefficient (Wildman–Crippen LogP) is 2.34. The molecule has 7 nitrogen and oxygen atoms in total. The first kappa shape index (κ1) is 17.9. The molecule has 0 radical (unpaired) electrons. The number of rotatable bonds is 3. The number of hydrogen-bond donors (Lipinski definition) is 1. The van der Waals surface area contributed by atoms with Gasteiger partial charge in [-0.25, -0.2) is 9.80 Å². The number of hydrogen-bond acceptors (Lipinski definition) is 4. The van der Waals surface area contributed by atoms with Crippen molar-refractivity contribution in [1.29, 1.82) is 0 Å². The molecule has 3 amide bonds. The molecule has 128 valence electrons. The number of carbonyl (C=O) groups excluding carboxylic acids is 3. The van der Waals surface area contributed by atoms with Gasteiger partial charge in [0.25, 0.3) is 5.91 Å². The van der Waals surface area contributed by atoms with Crippen LogP contribution in [0.3, 0.4) is 0 Å². The first-order valence-corrected chi connectivity index (χ1v) is 7.37. The third kappa shape index (κ3) is 3.89. The molecule has 0 atom stereocenters. The smallest absolute Gasteiger partial charge is 0.335 e. The molecular weight excluding hydrogens is 324 g/mol. The van der Waals surface area contributed by atoms with Crippen molar-refractivity contribution in [3.63, 3.8) is 0 Å². The molecule has 0 spiro atoms. The number of aromatic carboxylic acids is 1. The van der Waals surface area contributed by atoms with Crippen molar-refractivity contribution in [1.82, 2.24) is 5.01 Å². The molecule has 0 saturated carbocycles. The van der Waals surface area contributed by atoms with Gasteiger partial charge in [-0.05, 0) is 30.3 Å². The van der Waals surface area contributed by atoms with Crippen molar-refractivity contribution < 1.29 is 24.3 Å². The van der Waals surface area contributed by atoms with Crippen LogP contribution in [0.5, 0.6) is 0 Å². The summed E-state index contributed by atoms with van der Waals surface area (Å²) in [6.07, 6.45) is 0.